The first-order valence-corrected chi connectivity index (χ1v) is 7.62. The van der Waals surface area contributed by atoms with Crippen molar-refractivity contribution < 1.29 is 4.79 Å². The number of hydrogen-bond acceptors (Lipinski definition) is 2. The molecule has 0 spiro atoms. The third-order valence-electron chi connectivity index (χ3n) is 4.60. The second-order valence-electron chi connectivity index (χ2n) is 6.17. The van der Waals surface area contributed by atoms with Gasteiger partial charge in [-0.3, -0.25) is 4.79 Å². The van der Waals surface area contributed by atoms with Crippen LogP contribution in [0.1, 0.15) is 66.3 Å². The molecule has 2 saturated carbocycles. The van der Waals surface area contributed by atoms with Crippen LogP contribution in [-0.4, -0.2) is 22.9 Å². The van der Waals surface area contributed by atoms with E-state index in [4.69, 9.17) is 0 Å². The van der Waals surface area contributed by atoms with Crippen LogP contribution < -0.4 is 5.32 Å². The van der Waals surface area contributed by atoms with Gasteiger partial charge in [0.15, 0.2) is 5.78 Å². The number of rotatable bonds is 5. The van der Waals surface area contributed by atoms with Gasteiger partial charge in [0.05, 0.1) is 6.54 Å². The van der Waals surface area contributed by atoms with Gasteiger partial charge in [0.1, 0.15) is 0 Å². The summed E-state index contributed by atoms with van der Waals surface area (Å²) in [5.41, 5.74) is 3.33. The van der Waals surface area contributed by atoms with Crippen LogP contribution in [0.5, 0.6) is 0 Å². The van der Waals surface area contributed by atoms with Gasteiger partial charge in [0, 0.05) is 29.0 Å². The molecule has 0 amide bonds. The van der Waals surface area contributed by atoms with Gasteiger partial charge in [-0.2, -0.15) is 0 Å². The molecule has 3 nitrogen and oxygen atoms in total. The molecule has 1 heterocycles. The first-order chi connectivity index (χ1) is 9.16. The molecule has 2 aliphatic carbocycles. The van der Waals surface area contributed by atoms with Crippen molar-refractivity contribution in [1.29, 1.82) is 0 Å². The second kappa shape index (κ2) is 5.12. The molecule has 1 aromatic heterocycles. The molecule has 2 aliphatic rings. The predicted molar refractivity (Wildman–Crippen MR) is 76.8 cm³/mol. The molecule has 0 bridgehead atoms. The molecule has 0 aromatic carbocycles. The summed E-state index contributed by atoms with van der Waals surface area (Å²) in [5, 5.41) is 3.42. The Kier molecular flexibility index (Phi) is 3.48. The number of nitrogens with zero attached hydrogens (tertiary/aromatic N) is 1. The van der Waals surface area contributed by atoms with Gasteiger partial charge in [0.2, 0.25) is 0 Å². The molecular weight excluding hydrogens is 236 g/mol. The van der Waals surface area contributed by atoms with Gasteiger partial charge >= 0.3 is 0 Å². The Morgan fingerprint density at radius 3 is 2.58 bits per heavy atom. The lowest BCUT2D eigenvalue weighted by Gasteiger charge is -2.11. The van der Waals surface area contributed by atoms with Gasteiger partial charge in [-0.25, -0.2) is 0 Å². The number of aryl methyl sites for hydroxylation is 1. The highest BCUT2D eigenvalue weighted by atomic mass is 16.1. The van der Waals surface area contributed by atoms with Crippen molar-refractivity contribution >= 4 is 5.78 Å². The molecule has 1 N–H and O–H groups in total. The monoisotopic (exact) mass is 260 g/mol. The fourth-order valence-corrected chi connectivity index (χ4v) is 3.42. The lowest BCUT2D eigenvalue weighted by molar-refractivity contribution is 0.0986. The lowest BCUT2D eigenvalue weighted by atomic mass is 10.1. The molecule has 104 valence electrons. The number of hydrogen-bond donors (Lipinski definition) is 1. The Bertz CT molecular complexity index is 479. The molecule has 3 heteroatoms. The summed E-state index contributed by atoms with van der Waals surface area (Å²) in [5.74, 6) is 0.256. The van der Waals surface area contributed by atoms with E-state index in [0.717, 1.165) is 5.56 Å². The molecule has 0 aliphatic heterocycles. The third kappa shape index (κ3) is 2.62. The number of carbonyl (C=O) groups excluding carboxylic acids is 1. The Morgan fingerprint density at radius 2 is 1.95 bits per heavy atom. The first-order valence-electron chi connectivity index (χ1n) is 7.62. The summed E-state index contributed by atoms with van der Waals surface area (Å²) in [6.45, 7) is 4.71. The summed E-state index contributed by atoms with van der Waals surface area (Å²) in [4.78, 5) is 12.4. The van der Waals surface area contributed by atoms with Gasteiger partial charge in [0.25, 0.3) is 0 Å². The SMILES string of the molecule is Cc1cc(C(=O)CNC2CCCC2)c(C)n1C1CC1. The average Bonchev–Trinajstić information content (AvgIpc) is 2.98. The van der Waals surface area contributed by atoms with Gasteiger partial charge in [-0.05, 0) is 45.6 Å². The largest absolute Gasteiger partial charge is 0.345 e. The van der Waals surface area contributed by atoms with E-state index >= 15 is 0 Å². The maximum Gasteiger partial charge on any atom is 0.178 e. The van der Waals surface area contributed by atoms with Crippen molar-refractivity contribution in [2.75, 3.05) is 6.54 Å². The van der Waals surface area contributed by atoms with Crippen LogP contribution >= 0.6 is 0 Å². The third-order valence-corrected chi connectivity index (χ3v) is 4.60. The minimum Gasteiger partial charge on any atom is -0.345 e. The summed E-state index contributed by atoms with van der Waals surface area (Å²) in [7, 11) is 0. The fraction of sp³-hybridized carbons (Fsp3) is 0.688. The van der Waals surface area contributed by atoms with E-state index in [9.17, 15) is 4.79 Å². The highest BCUT2D eigenvalue weighted by Crippen LogP contribution is 2.38. The maximum absolute atomic E-state index is 12.4. The van der Waals surface area contributed by atoms with Gasteiger partial charge < -0.3 is 9.88 Å². The minimum absolute atomic E-state index is 0.256. The van der Waals surface area contributed by atoms with Crippen molar-refractivity contribution in [3.63, 3.8) is 0 Å². The Morgan fingerprint density at radius 1 is 1.26 bits per heavy atom. The van der Waals surface area contributed by atoms with E-state index in [0.29, 0.717) is 18.6 Å². The van der Waals surface area contributed by atoms with E-state index in [2.05, 4.69) is 29.8 Å². The maximum atomic E-state index is 12.4. The summed E-state index contributed by atoms with van der Waals surface area (Å²) < 4.78 is 2.35. The van der Waals surface area contributed by atoms with Crippen molar-refractivity contribution in [3.8, 4) is 0 Å². The molecule has 0 unspecified atom stereocenters. The number of ketones is 1. The lowest BCUT2D eigenvalue weighted by Crippen LogP contribution is -2.31. The van der Waals surface area contributed by atoms with Crippen molar-refractivity contribution in [3.05, 3.63) is 23.0 Å². The van der Waals surface area contributed by atoms with E-state index in [1.54, 1.807) is 0 Å². The van der Waals surface area contributed by atoms with Gasteiger partial charge in [-0.1, -0.05) is 12.8 Å². The molecule has 1 aromatic rings. The van der Waals surface area contributed by atoms with E-state index in [1.807, 2.05) is 0 Å². The van der Waals surface area contributed by atoms with Crippen LogP contribution in [0.3, 0.4) is 0 Å². The quantitative estimate of drug-likeness (QED) is 0.825. The van der Waals surface area contributed by atoms with E-state index in [-0.39, 0.29) is 5.78 Å². The fourth-order valence-electron chi connectivity index (χ4n) is 3.42. The van der Waals surface area contributed by atoms with Gasteiger partial charge in [-0.15, -0.1) is 0 Å². The standard InChI is InChI=1S/C16H24N2O/c1-11-9-15(12(2)18(11)14-7-8-14)16(19)10-17-13-5-3-4-6-13/h9,13-14,17H,3-8,10H2,1-2H3. The van der Waals surface area contributed by atoms with Crippen molar-refractivity contribution in [2.45, 2.75) is 64.5 Å². The highest BCUT2D eigenvalue weighted by molar-refractivity contribution is 5.99. The number of nitrogens with one attached hydrogen (secondary N) is 1. The van der Waals surface area contributed by atoms with E-state index < -0.39 is 0 Å². The number of aromatic nitrogens is 1. The summed E-state index contributed by atoms with van der Waals surface area (Å²) in [6.07, 6.45) is 7.61. The Hall–Kier alpha value is -1.09. The number of carbonyl (C=O) groups is 1. The summed E-state index contributed by atoms with van der Waals surface area (Å²) >= 11 is 0. The molecule has 0 atom stereocenters. The zero-order chi connectivity index (χ0) is 13.4. The average molecular weight is 260 g/mol. The Balaban J connectivity index is 1.67. The Labute approximate surface area is 115 Å². The van der Waals surface area contributed by atoms with Crippen LogP contribution in [0.25, 0.3) is 0 Å². The van der Waals surface area contributed by atoms with Crippen LogP contribution in [0.15, 0.2) is 6.07 Å². The zero-order valence-electron chi connectivity index (χ0n) is 12.0. The molecule has 3 rings (SSSR count). The second-order valence-corrected chi connectivity index (χ2v) is 6.17. The van der Waals surface area contributed by atoms with Crippen LogP contribution in [0, 0.1) is 13.8 Å². The first kappa shape index (κ1) is 12.9. The molecule has 0 radical (unpaired) electrons. The van der Waals surface area contributed by atoms with Crippen LogP contribution in [-0.2, 0) is 0 Å². The van der Waals surface area contributed by atoms with Crippen LogP contribution in [0.2, 0.25) is 0 Å². The van der Waals surface area contributed by atoms with Crippen molar-refractivity contribution in [2.24, 2.45) is 0 Å². The highest BCUT2D eigenvalue weighted by Gasteiger charge is 2.28. The smallest absolute Gasteiger partial charge is 0.178 e. The zero-order valence-corrected chi connectivity index (χ0v) is 12.0. The molecule has 19 heavy (non-hydrogen) atoms. The molecular formula is C16H24N2O. The van der Waals surface area contributed by atoms with Crippen molar-refractivity contribution in [1.82, 2.24) is 9.88 Å². The van der Waals surface area contributed by atoms with Crippen LogP contribution in [0.4, 0.5) is 0 Å². The van der Waals surface area contributed by atoms with E-state index in [1.165, 1.54) is 49.9 Å². The molecule has 0 saturated heterocycles. The topological polar surface area (TPSA) is 34.0 Å². The predicted octanol–water partition coefficient (Wildman–Crippen LogP) is 3.15. The normalized spacial score (nSPS) is 20.1. The minimum atomic E-state index is 0.256. The molecule has 2 fully saturated rings. The number of Topliss-reactive ketones (excluding diaryl/α,β-unsaturated/α-hetero) is 1. The summed E-state index contributed by atoms with van der Waals surface area (Å²) in [6, 6.07) is 3.30.